The zero-order chi connectivity index (χ0) is 18.0. The Kier molecular flexibility index (Phi) is 5.90. The van der Waals surface area contributed by atoms with E-state index in [1.54, 1.807) is 0 Å². The Morgan fingerprint density at radius 2 is 1.92 bits per heavy atom. The summed E-state index contributed by atoms with van der Waals surface area (Å²) in [6.07, 6.45) is 3.49. The quantitative estimate of drug-likeness (QED) is 0.815. The fourth-order valence-electron chi connectivity index (χ4n) is 3.08. The first kappa shape index (κ1) is 18.9. The van der Waals surface area contributed by atoms with Crippen LogP contribution in [0.1, 0.15) is 36.0 Å². The highest BCUT2D eigenvalue weighted by Crippen LogP contribution is 2.32. The van der Waals surface area contributed by atoms with Crippen molar-refractivity contribution in [2.75, 3.05) is 26.2 Å². The summed E-state index contributed by atoms with van der Waals surface area (Å²) in [6, 6.07) is 2.58. The molecule has 2 heterocycles. The largest absolute Gasteiger partial charge is 0.376 e. The number of carbonyl (C=O) groups is 1. The van der Waals surface area contributed by atoms with Crippen LogP contribution in [0.25, 0.3) is 0 Å². The topological polar surface area (TPSA) is 75.7 Å². The van der Waals surface area contributed by atoms with Crippen molar-refractivity contribution in [1.29, 1.82) is 0 Å². The van der Waals surface area contributed by atoms with Crippen LogP contribution in [-0.4, -0.2) is 51.0 Å². The molecule has 2 aliphatic rings. The van der Waals surface area contributed by atoms with E-state index >= 15 is 0 Å². The van der Waals surface area contributed by atoms with Crippen LogP contribution in [-0.2, 0) is 14.8 Å². The minimum absolute atomic E-state index is 0.0113. The number of carbonyl (C=O) groups excluding carboxylic acids is 1. The van der Waals surface area contributed by atoms with Gasteiger partial charge in [0.2, 0.25) is 10.0 Å². The van der Waals surface area contributed by atoms with E-state index in [0.29, 0.717) is 26.2 Å². The number of sulfonamides is 1. The van der Waals surface area contributed by atoms with Crippen LogP contribution in [0, 0.1) is 0 Å². The number of halogens is 2. The second-order valence-electron chi connectivity index (χ2n) is 6.22. The highest BCUT2D eigenvalue weighted by molar-refractivity contribution is 7.89. The van der Waals surface area contributed by atoms with Gasteiger partial charge in [-0.15, -0.1) is 0 Å². The summed E-state index contributed by atoms with van der Waals surface area (Å²) in [7, 11) is -3.73. The lowest BCUT2D eigenvalue weighted by atomic mass is 10.2. The third-order valence-electron chi connectivity index (χ3n) is 4.46. The van der Waals surface area contributed by atoms with Crippen LogP contribution in [0.3, 0.4) is 0 Å². The van der Waals surface area contributed by atoms with Gasteiger partial charge in [0.25, 0.3) is 5.91 Å². The Hall–Kier alpha value is -0.860. The van der Waals surface area contributed by atoms with Gasteiger partial charge in [0, 0.05) is 26.2 Å². The number of ether oxygens (including phenoxy) is 1. The van der Waals surface area contributed by atoms with Crippen molar-refractivity contribution >= 4 is 39.1 Å². The van der Waals surface area contributed by atoms with E-state index in [4.69, 9.17) is 27.9 Å². The molecule has 1 atom stereocenters. The predicted molar refractivity (Wildman–Crippen MR) is 95.8 cm³/mol. The van der Waals surface area contributed by atoms with E-state index in [2.05, 4.69) is 5.32 Å². The third kappa shape index (κ3) is 4.11. The van der Waals surface area contributed by atoms with E-state index in [1.165, 1.54) is 16.4 Å². The first-order valence-corrected chi connectivity index (χ1v) is 10.5. The second kappa shape index (κ2) is 7.80. The fourth-order valence-corrected chi connectivity index (χ4v) is 5.43. The standard InChI is InChI=1S/C16H20Cl2N2O4S/c17-13-9-14(18)15(25(22,23)20-5-1-2-6-20)8-12(13)16(21)19-10-11-4-3-7-24-11/h8-9,11H,1-7,10H2,(H,19,21)/t11-/m1/s1. The molecule has 9 heteroatoms. The van der Waals surface area contributed by atoms with Gasteiger partial charge in [0.15, 0.2) is 0 Å². The Morgan fingerprint density at radius 3 is 2.56 bits per heavy atom. The van der Waals surface area contributed by atoms with Gasteiger partial charge in [-0.2, -0.15) is 4.31 Å². The predicted octanol–water partition coefficient (Wildman–Crippen LogP) is 2.69. The lowest BCUT2D eigenvalue weighted by Crippen LogP contribution is -2.32. The Labute approximate surface area is 157 Å². The second-order valence-corrected chi connectivity index (χ2v) is 8.94. The van der Waals surface area contributed by atoms with Crippen molar-refractivity contribution < 1.29 is 17.9 Å². The molecule has 0 aliphatic carbocycles. The van der Waals surface area contributed by atoms with Crippen LogP contribution in [0.4, 0.5) is 0 Å². The molecule has 3 rings (SSSR count). The maximum absolute atomic E-state index is 12.8. The van der Waals surface area contributed by atoms with Crippen LogP contribution in [0.15, 0.2) is 17.0 Å². The third-order valence-corrected chi connectivity index (χ3v) is 7.14. The van der Waals surface area contributed by atoms with E-state index in [1.807, 2.05) is 0 Å². The average molecular weight is 407 g/mol. The molecule has 0 aromatic heterocycles. The van der Waals surface area contributed by atoms with Gasteiger partial charge < -0.3 is 10.1 Å². The van der Waals surface area contributed by atoms with E-state index in [0.717, 1.165) is 25.7 Å². The van der Waals surface area contributed by atoms with Crippen LogP contribution < -0.4 is 5.32 Å². The maximum atomic E-state index is 12.8. The minimum Gasteiger partial charge on any atom is -0.376 e. The van der Waals surface area contributed by atoms with Crippen LogP contribution >= 0.6 is 23.2 Å². The number of hydrogen-bond donors (Lipinski definition) is 1. The van der Waals surface area contributed by atoms with Gasteiger partial charge in [-0.3, -0.25) is 4.79 Å². The van der Waals surface area contributed by atoms with Crippen LogP contribution in [0.5, 0.6) is 0 Å². The molecule has 6 nitrogen and oxygen atoms in total. The summed E-state index contributed by atoms with van der Waals surface area (Å²) in [5, 5.41) is 2.89. The lowest BCUT2D eigenvalue weighted by Gasteiger charge is -2.18. The summed E-state index contributed by atoms with van der Waals surface area (Å²) in [6.45, 7) is 1.98. The number of amides is 1. The zero-order valence-corrected chi connectivity index (χ0v) is 16.0. The number of nitrogens with zero attached hydrogens (tertiary/aromatic N) is 1. The number of hydrogen-bond acceptors (Lipinski definition) is 4. The Bertz CT molecular complexity index is 758. The summed E-state index contributed by atoms with van der Waals surface area (Å²) in [5.74, 6) is -0.435. The molecule has 1 N–H and O–H groups in total. The van der Waals surface area contributed by atoms with Crippen molar-refractivity contribution in [2.45, 2.75) is 36.7 Å². The fraction of sp³-hybridized carbons (Fsp3) is 0.562. The van der Waals surface area contributed by atoms with E-state index in [-0.39, 0.29) is 26.6 Å². The van der Waals surface area contributed by atoms with Crippen molar-refractivity contribution in [1.82, 2.24) is 9.62 Å². The van der Waals surface area contributed by atoms with Gasteiger partial charge in [-0.1, -0.05) is 23.2 Å². The molecule has 2 saturated heterocycles. The highest BCUT2D eigenvalue weighted by atomic mass is 35.5. The lowest BCUT2D eigenvalue weighted by molar-refractivity contribution is 0.0857. The van der Waals surface area contributed by atoms with Crippen molar-refractivity contribution in [2.24, 2.45) is 0 Å². The van der Waals surface area contributed by atoms with Gasteiger partial charge in [-0.05, 0) is 37.8 Å². The molecule has 0 radical (unpaired) electrons. The monoisotopic (exact) mass is 406 g/mol. The first-order chi connectivity index (χ1) is 11.9. The number of nitrogens with one attached hydrogen (secondary N) is 1. The summed E-state index contributed by atoms with van der Waals surface area (Å²) in [4.78, 5) is 12.4. The van der Waals surface area contributed by atoms with Crippen molar-refractivity contribution in [3.8, 4) is 0 Å². The van der Waals surface area contributed by atoms with Gasteiger partial charge in [0.1, 0.15) is 4.90 Å². The SMILES string of the molecule is O=C(NC[C@H]1CCCO1)c1cc(S(=O)(=O)N2CCCC2)c(Cl)cc1Cl. The van der Waals surface area contributed by atoms with E-state index < -0.39 is 15.9 Å². The normalized spacial score (nSPS) is 21.6. The Morgan fingerprint density at radius 1 is 1.20 bits per heavy atom. The van der Waals surface area contributed by atoms with E-state index in [9.17, 15) is 13.2 Å². The Balaban J connectivity index is 1.83. The van der Waals surface area contributed by atoms with Crippen molar-refractivity contribution in [3.63, 3.8) is 0 Å². The molecule has 0 saturated carbocycles. The van der Waals surface area contributed by atoms with Gasteiger partial charge >= 0.3 is 0 Å². The number of rotatable bonds is 5. The summed E-state index contributed by atoms with van der Waals surface area (Å²) >= 11 is 12.2. The molecule has 1 amide bonds. The molecule has 2 fully saturated rings. The number of benzene rings is 1. The summed E-state index contributed by atoms with van der Waals surface area (Å²) < 4.78 is 32.4. The van der Waals surface area contributed by atoms with Crippen LogP contribution in [0.2, 0.25) is 10.0 Å². The molecule has 138 valence electrons. The summed E-state index contributed by atoms with van der Waals surface area (Å²) in [5.41, 5.74) is 0.0989. The van der Waals surface area contributed by atoms with Crippen molar-refractivity contribution in [3.05, 3.63) is 27.7 Å². The molecular formula is C16H20Cl2N2O4S. The minimum atomic E-state index is -3.73. The average Bonchev–Trinajstić information content (AvgIpc) is 3.26. The molecule has 1 aromatic carbocycles. The molecule has 0 spiro atoms. The molecule has 0 bridgehead atoms. The molecule has 2 aliphatic heterocycles. The molecule has 1 aromatic rings. The maximum Gasteiger partial charge on any atom is 0.252 e. The zero-order valence-electron chi connectivity index (χ0n) is 13.6. The smallest absolute Gasteiger partial charge is 0.252 e. The van der Waals surface area contributed by atoms with Gasteiger partial charge in [-0.25, -0.2) is 8.42 Å². The first-order valence-electron chi connectivity index (χ1n) is 8.28. The van der Waals surface area contributed by atoms with Gasteiger partial charge in [0.05, 0.1) is 21.7 Å². The highest BCUT2D eigenvalue weighted by Gasteiger charge is 2.30. The molecular weight excluding hydrogens is 387 g/mol. The molecule has 25 heavy (non-hydrogen) atoms. The molecule has 0 unspecified atom stereocenters.